The zero-order valence-electron chi connectivity index (χ0n) is 9.61. The minimum absolute atomic E-state index is 0.452. The highest BCUT2D eigenvalue weighted by Gasteiger charge is 2.34. The van der Waals surface area contributed by atoms with Gasteiger partial charge in [-0.3, -0.25) is 9.69 Å². The number of Topliss-reactive ketones (excluding diaryl/α,β-unsaturated/α-hetero) is 1. The third-order valence-corrected chi connectivity index (χ3v) is 5.01. The first-order valence-electron chi connectivity index (χ1n) is 6.09. The van der Waals surface area contributed by atoms with Crippen LogP contribution in [0.2, 0.25) is 0 Å². The Morgan fingerprint density at radius 1 is 1.44 bits per heavy atom. The van der Waals surface area contributed by atoms with Gasteiger partial charge in [-0.1, -0.05) is 0 Å². The second-order valence-electron chi connectivity index (χ2n) is 4.90. The van der Waals surface area contributed by atoms with E-state index < -0.39 is 0 Å². The Morgan fingerprint density at radius 2 is 2.31 bits per heavy atom. The van der Waals surface area contributed by atoms with Crippen LogP contribution in [0.5, 0.6) is 0 Å². The van der Waals surface area contributed by atoms with Gasteiger partial charge >= 0.3 is 0 Å². The van der Waals surface area contributed by atoms with E-state index in [1.807, 2.05) is 11.3 Å². The van der Waals surface area contributed by atoms with E-state index in [-0.39, 0.29) is 0 Å². The second kappa shape index (κ2) is 3.97. The van der Waals surface area contributed by atoms with E-state index in [4.69, 9.17) is 0 Å². The maximum atomic E-state index is 11.4. The smallest absolute Gasteiger partial charge is 0.134 e. The summed E-state index contributed by atoms with van der Waals surface area (Å²) >= 11 is 1.88. The lowest BCUT2D eigenvalue weighted by molar-refractivity contribution is -0.117. The molecule has 2 atom stereocenters. The van der Waals surface area contributed by atoms with Gasteiger partial charge in [0.25, 0.3) is 0 Å². The van der Waals surface area contributed by atoms with Crippen LogP contribution in [-0.4, -0.2) is 23.3 Å². The highest BCUT2D eigenvalue weighted by atomic mass is 32.1. The average Bonchev–Trinajstić information content (AvgIpc) is 2.87. The number of carbonyl (C=O) groups excluding carboxylic acids is 1. The summed E-state index contributed by atoms with van der Waals surface area (Å²) in [6, 6.07) is 3.27. The predicted molar refractivity (Wildman–Crippen MR) is 65.8 cm³/mol. The predicted octanol–water partition coefficient (Wildman–Crippen LogP) is 2.79. The molecule has 0 amide bonds. The zero-order valence-corrected chi connectivity index (χ0v) is 10.4. The van der Waals surface area contributed by atoms with Gasteiger partial charge in [0, 0.05) is 36.3 Å². The van der Waals surface area contributed by atoms with Crippen LogP contribution >= 0.6 is 11.3 Å². The lowest BCUT2D eigenvalue weighted by atomic mass is 9.99. The first-order chi connectivity index (χ1) is 7.75. The fourth-order valence-electron chi connectivity index (χ4n) is 3.11. The SMILES string of the molecule is CC1c2ccsc2CCN1C1CCC(=O)C1. The molecule has 1 aromatic heterocycles. The maximum Gasteiger partial charge on any atom is 0.134 e. The highest BCUT2D eigenvalue weighted by molar-refractivity contribution is 7.10. The van der Waals surface area contributed by atoms with Crippen molar-refractivity contribution in [1.29, 1.82) is 0 Å². The third-order valence-electron chi connectivity index (χ3n) is 4.01. The Labute approximate surface area is 100 Å². The van der Waals surface area contributed by atoms with Crippen molar-refractivity contribution < 1.29 is 4.79 Å². The second-order valence-corrected chi connectivity index (χ2v) is 5.90. The molecular weight excluding hydrogens is 218 g/mol. The molecule has 0 spiro atoms. The van der Waals surface area contributed by atoms with Gasteiger partial charge in [0.2, 0.25) is 0 Å². The zero-order chi connectivity index (χ0) is 11.1. The van der Waals surface area contributed by atoms with E-state index in [0.717, 1.165) is 25.8 Å². The topological polar surface area (TPSA) is 20.3 Å². The number of carbonyl (C=O) groups is 1. The van der Waals surface area contributed by atoms with Gasteiger partial charge in [0.05, 0.1) is 0 Å². The van der Waals surface area contributed by atoms with Gasteiger partial charge in [-0.25, -0.2) is 0 Å². The number of rotatable bonds is 1. The molecule has 2 unspecified atom stereocenters. The van der Waals surface area contributed by atoms with Crippen molar-refractivity contribution in [2.24, 2.45) is 0 Å². The molecular formula is C13H17NOS. The fraction of sp³-hybridized carbons (Fsp3) is 0.615. The Balaban J connectivity index is 1.81. The third kappa shape index (κ3) is 1.62. The molecule has 1 aromatic rings. The number of fused-ring (bicyclic) bond motifs is 1. The molecule has 2 heterocycles. The van der Waals surface area contributed by atoms with Gasteiger partial charge < -0.3 is 0 Å². The Kier molecular flexibility index (Phi) is 2.60. The van der Waals surface area contributed by atoms with E-state index in [1.54, 1.807) is 4.88 Å². The van der Waals surface area contributed by atoms with Gasteiger partial charge in [0.15, 0.2) is 0 Å². The van der Waals surface area contributed by atoms with Gasteiger partial charge in [-0.15, -0.1) is 11.3 Å². The van der Waals surface area contributed by atoms with E-state index in [2.05, 4.69) is 23.3 Å². The standard InChI is InChI=1S/C13H17NOS/c1-9-12-5-7-16-13(12)4-6-14(9)10-2-3-11(15)8-10/h5,7,9-10H,2-4,6,8H2,1H3. The summed E-state index contributed by atoms with van der Waals surface area (Å²) in [6.07, 6.45) is 3.82. The molecule has 3 rings (SSSR count). The van der Waals surface area contributed by atoms with Crippen molar-refractivity contribution >= 4 is 17.1 Å². The fourth-order valence-corrected chi connectivity index (χ4v) is 4.07. The summed E-state index contributed by atoms with van der Waals surface area (Å²) in [5, 5.41) is 2.20. The van der Waals surface area contributed by atoms with Gasteiger partial charge in [-0.05, 0) is 36.8 Å². The Bertz CT molecular complexity index is 412. The number of thiophene rings is 1. The monoisotopic (exact) mass is 235 g/mol. The average molecular weight is 235 g/mol. The molecule has 3 heteroatoms. The first-order valence-corrected chi connectivity index (χ1v) is 6.97. The summed E-state index contributed by atoms with van der Waals surface area (Å²) < 4.78 is 0. The minimum atomic E-state index is 0.452. The quantitative estimate of drug-likeness (QED) is 0.746. The van der Waals surface area contributed by atoms with Crippen molar-refractivity contribution in [2.75, 3.05) is 6.54 Å². The lowest BCUT2D eigenvalue weighted by Crippen LogP contribution is -2.40. The molecule has 0 aromatic carbocycles. The van der Waals surface area contributed by atoms with E-state index in [1.165, 1.54) is 12.0 Å². The molecule has 1 aliphatic carbocycles. The molecule has 0 N–H and O–H groups in total. The molecule has 0 saturated heterocycles. The van der Waals surface area contributed by atoms with Gasteiger partial charge in [0.1, 0.15) is 5.78 Å². The molecule has 2 aliphatic rings. The van der Waals surface area contributed by atoms with Crippen molar-refractivity contribution in [2.45, 2.75) is 44.7 Å². The summed E-state index contributed by atoms with van der Waals surface area (Å²) in [6.45, 7) is 3.42. The normalized spacial score (nSPS) is 30.7. The van der Waals surface area contributed by atoms with E-state index in [9.17, 15) is 4.79 Å². The Morgan fingerprint density at radius 3 is 3.06 bits per heavy atom. The lowest BCUT2D eigenvalue weighted by Gasteiger charge is -2.37. The molecule has 1 fully saturated rings. The van der Waals surface area contributed by atoms with Crippen LogP contribution < -0.4 is 0 Å². The molecule has 0 bridgehead atoms. The number of nitrogens with zero attached hydrogens (tertiary/aromatic N) is 1. The molecule has 86 valence electrons. The molecule has 2 nitrogen and oxygen atoms in total. The summed E-state index contributed by atoms with van der Waals surface area (Å²) in [5.41, 5.74) is 1.50. The minimum Gasteiger partial charge on any atom is -0.300 e. The molecule has 1 aliphatic heterocycles. The van der Waals surface area contributed by atoms with E-state index >= 15 is 0 Å². The molecule has 1 saturated carbocycles. The number of hydrogen-bond donors (Lipinski definition) is 0. The largest absolute Gasteiger partial charge is 0.300 e. The van der Waals surface area contributed by atoms with Crippen molar-refractivity contribution in [3.63, 3.8) is 0 Å². The number of hydrogen-bond acceptors (Lipinski definition) is 3. The van der Waals surface area contributed by atoms with Crippen LogP contribution in [0.4, 0.5) is 0 Å². The maximum absolute atomic E-state index is 11.4. The molecule has 0 radical (unpaired) electrons. The first kappa shape index (κ1) is 10.5. The van der Waals surface area contributed by atoms with Crippen LogP contribution in [0.3, 0.4) is 0 Å². The van der Waals surface area contributed by atoms with Crippen molar-refractivity contribution in [3.8, 4) is 0 Å². The summed E-state index contributed by atoms with van der Waals surface area (Å²) in [5.74, 6) is 0.452. The summed E-state index contributed by atoms with van der Waals surface area (Å²) in [7, 11) is 0. The molecule has 16 heavy (non-hydrogen) atoms. The van der Waals surface area contributed by atoms with Crippen molar-refractivity contribution in [3.05, 3.63) is 21.9 Å². The van der Waals surface area contributed by atoms with Crippen LogP contribution in [0.25, 0.3) is 0 Å². The van der Waals surface area contributed by atoms with Crippen molar-refractivity contribution in [1.82, 2.24) is 4.90 Å². The highest BCUT2D eigenvalue weighted by Crippen LogP contribution is 2.36. The van der Waals surface area contributed by atoms with Crippen LogP contribution in [-0.2, 0) is 11.2 Å². The van der Waals surface area contributed by atoms with Crippen LogP contribution in [0.15, 0.2) is 11.4 Å². The number of ketones is 1. The van der Waals surface area contributed by atoms with Gasteiger partial charge in [-0.2, -0.15) is 0 Å². The van der Waals surface area contributed by atoms with Crippen LogP contribution in [0, 0.1) is 0 Å². The summed E-state index contributed by atoms with van der Waals surface area (Å²) in [4.78, 5) is 15.5. The van der Waals surface area contributed by atoms with Crippen LogP contribution in [0.1, 0.15) is 42.7 Å². The Hall–Kier alpha value is -0.670. The van der Waals surface area contributed by atoms with E-state index in [0.29, 0.717) is 17.9 Å².